The number of ketones is 1. The van der Waals surface area contributed by atoms with Crippen molar-refractivity contribution in [3.05, 3.63) is 29.8 Å². The van der Waals surface area contributed by atoms with E-state index in [0.717, 1.165) is 37.2 Å². The summed E-state index contributed by atoms with van der Waals surface area (Å²) in [7, 11) is 0. The first-order valence-corrected chi connectivity index (χ1v) is 10.1. The number of carboxylic acid groups (broad SMARTS) is 1. The van der Waals surface area contributed by atoms with E-state index in [1.54, 1.807) is 0 Å². The molecule has 5 N–H and O–H groups in total. The molecule has 3 rings (SSSR count). The van der Waals surface area contributed by atoms with Crippen LogP contribution >= 0.6 is 0 Å². The summed E-state index contributed by atoms with van der Waals surface area (Å²) in [4.78, 5) is 25.8. The van der Waals surface area contributed by atoms with Crippen LogP contribution in [0.1, 0.15) is 44.1 Å². The van der Waals surface area contributed by atoms with E-state index in [9.17, 15) is 9.59 Å². The number of carboxylic acids is 1. The number of nitrogens with zero attached hydrogens (tertiary/aromatic N) is 1. The second-order valence-electron chi connectivity index (χ2n) is 7.96. The number of carbonyl (C=O) groups is 2. The van der Waals surface area contributed by atoms with E-state index in [4.69, 9.17) is 16.2 Å². The first-order chi connectivity index (χ1) is 13.4. The highest BCUT2D eigenvalue weighted by molar-refractivity contribution is 5.95. The third-order valence-corrected chi connectivity index (χ3v) is 6.14. The van der Waals surface area contributed by atoms with E-state index < -0.39 is 5.97 Å². The molecule has 28 heavy (non-hydrogen) atoms. The molecule has 1 aromatic carbocycles. The predicted octanol–water partition coefficient (Wildman–Crippen LogP) is 1.99. The lowest BCUT2D eigenvalue weighted by atomic mass is 9.80. The smallest absolute Gasteiger partial charge is 0.306 e. The highest BCUT2D eigenvalue weighted by Crippen LogP contribution is 2.29. The molecule has 1 aromatic rings. The minimum atomic E-state index is -0.730. The van der Waals surface area contributed by atoms with Crippen LogP contribution in [0.25, 0.3) is 0 Å². The van der Waals surface area contributed by atoms with E-state index in [0.29, 0.717) is 38.3 Å². The second kappa shape index (κ2) is 9.19. The van der Waals surface area contributed by atoms with Gasteiger partial charge >= 0.3 is 5.97 Å². The van der Waals surface area contributed by atoms with Crippen molar-refractivity contribution in [2.45, 2.75) is 44.6 Å². The Balaban J connectivity index is 1.39. The average molecular weight is 386 g/mol. The Morgan fingerprint density at radius 3 is 2.14 bits per heavy atom. The van der Waals surface area contributed by atoms with Crippen molar-refractivity contribution in [2.24, 2.45) is 17.6 Å². The molecule has 1 saturated heterocycles. The monoisotopic (exact) mass is 386 g/mol. The van der Waals surface area contributed by atoms with Crippen LogP contribution in [0.3, 0.4) is 0 Å². The number of nitrogen functional groups attached to an aromatic ring is 1. The van der Waals surface area contributed by atoms with Crippen molar-refractivity contribution in [1.29, 1.82) is 5.41 Å². The maximum atomic E-state index is 12.4. The van der Waals surface area contributed by atoms with E-state index >= 15 is 0 Å². The summed E-state index contributed by atoms with van der Waals surface area (Å²) < 4.78 is 0. The van der Waals surface area contributed by atoms with E-state index in [2.05, 4.69) is 10.2 Å². The van der Waals surface area contributed by atoms with Crippen LogP contribution in [0.2, 0.25) is 0 Å². The maximum Gasteiger partial charge on any atom is 0.306 e. The van der Waals surface area contributed by atoms with Gasteiger partial charge in [0.25, 0.3) is 0 Å². The van der Waals surface area contributed by atoms with Gasteiger partial charge in [0.05, 0.1) is 12.5 Å². The highest BCUT2D eigenvalue weighted by Gasteiger charge is 2.30. The number of carbonyl (C=O) groups excluding carboxylic acids is 1. The molecule has 1 aliphatic carbocycles. The van der Waals surface area contributed by atoms with Crippen molar-refractivity contribution in [1.82, 2.24) is 5.32 Å². The number of nitrogens with two attached hydrogens (primary N) is 1. The molecular weight excluding hydrogens is 356 g/mol. The third-order valence-electron chi connectivity index (χ3n) is 6.14. The molecule has 1 saturated carbocycles. The Morgan fingerprint density at radius 1 is 1.04 bits per heavy atom. The number of rotatable bonds is 7. The number of benzene rings is 1. The molecule has 0 unspecified atom stereocenters. The van der Waals surface area contributed by atoms with Crippen molar-refractivity contribution in [3.8, 4) is 0 Å². The van der Waals surface area contributed by atoms with Crippen molar-refractivity contribution < 1.29 is 14.7 Å². The minimum Gasteiger partial charge on any atom is -0.481 e. The second-order valence-corrected chi connectivity index (χ2v) is 7.96. The molecule has 2 aliphatic rings. The number of hydrogen-bond acceptors (Lipinski definition) is 5. The molecule has 0 aromatic heterocycles. The van der Waals surface area contributed by atoms with Gasteiger partial charge in [-0.15, -0.1) is 0 Å². The predicted molar refractivity (Wildman–Crippen MR) is 109 cm³/mol. The molecule has 0 radical (unpaired) electrons. The largest absolute Gasteiger partial charge is 0.481 e. The zero-order valence-electron chi connectivity index (χ0n) is 16.2. The number of hydrogen-bond donors (Lipinski definition) is 4. The van der Waals surface area contributed by atoms with Gasteiger partial charge in [-0.1, -0.05) is 0 Å². The quantitative estimate of drug-likeness (QED) is 0.420. The minimum absolute atomic E-state index is 0.0166. The number of Topliss-reactive ketones (excluding diaryl/α,β-unsaturated/α-hetero) is 1. The molecule has 0 atom stereocenters. The number of nitrogens with one attached hydrogen (secondary N) is 2. The summed E-state index contributed by atoms with van der Waals surface area (Å²) in [6.45, 7) is 2.24. The third kappa shape index (κ3) is 5.10. The molecule has 7 heteroatoms. The molecular formula is C21H30N4O3. The van der Waals surface area contributed by atoms with E-state index in [-0.39, 0.29) is 23.5 Å². The molecule has 0 amide bonds. The molecule has 0 spiro atoms. The highest BCUT2D eigenvalue weighted by atomic mass is 16.4. The van der Waals surface area contributed by atoms with Crippen LogP contribution < -0.4 is 16.0 Å². The van der Waals surface area contributed by atoms with Crippen molar-refractivity contribution >= 4 is 23.3 Å². The van der Waals surface area contributed by atoms with E-state index in [1.165, 1.54) is 0 Å². The number of amidine groups is 1. The van der Waals surface area contributed by atoms with Crippen molar-refractivity contribution in [2.75, 3.05) is 24.5 Å². The fourth-order valence-electron chi connectivity index (χ4n) is 4.25. The Morgan fingerprint density at radius 2 is 1.61 bits per heavy atom. The number of aliphatic carboxylic acids is 1. The summed E-state index contributed by atoms with van der Waals surface area (Å²) in [5, 5.41) is 19.9. The van der Waals surface area contributed by atoms with Gasteiger partial charge in [0.2, 0.25) is 0 Å². The lowest BCUT2D eigenvalue weighted by molar-refractivity contribution is -0.143. The average Bonchev–Trinajstić information content (AvgIpc) is 2.72. The summed E-state index contributed by atoms with van der Waals surface area (Å²) in [5.41, 5.74) is 7.37. The van der Waals surface area contributed by atoms with Gasteiger partial charge in [-0.3, -0.25) is 15.0 Å². The van der Waals surface area contributed by atoms with Crippen LogP contribution in [0.4, 0.5) is 5.69 Å². The van der Waals surface area contributed by atoms with Crippen LogP contribution in [0.15, 0.2) is 24.3 Å². The van der Waals surface area contributed by atoms with Gasteiger partial charge in [-0.2, -0.15) is 0 Å². The lowest BCUT2D eigenvalue weighted by Crippen LogP contribution is -2.45. The lowest BCUT2D eigenvalue weighted by Gasteiger charge is -2.34. The van der Waals surface area contributed by atoms with Crippen LogP contribution in [0, 0.1) is 17.2 Å². The molecule has 0 bridgehead atoms. The number of anilines is 1. The molecule has 7 nitrogen and oxygen atoms in total. The Hall–Kier alpha value is -2.41. The first-order valence-electron chi connectivity index (χ1n) is 10.1. The fraction of sp³-hybridized carbons (Fsp3) is 0.571. The molecule has 152 valence electrons. The maximum absolute atomic E-state index is 12.4. The molecule has 1 heterocycles. The van der Waals surface area contributed by atoms with Crippen LogP contribution in [-0.4, -0.2) is 48.4 Å². The van der Waals surface area contributed by atoms with Crippen LogP contribution in [0.5, 0.6) is 0 Å². The zero-order valence-corrected chi connectivity index (χ0v) is 16.2. The summed E-state index contributed by atoms with van der Waals surface area (Å²) >= 11 is 0. The topological polar surface area (TPSA) is 120 Å². The van der Waals surface area contributed by atoms with Gasteiger partial charge in [-0.05, 0) is 62.8 Å². The number of piperidine rings is 1. The van der Waals surface area contributed by atoms with Gasteiger partial charge < -0.3 is 21.1 Å². The molecule has 2 fully saturated rings. The van der Waals surface area contributed by atoms with E-state index in [1.807, 2.05) is 24.3 Å². The van der Waals surface area contributed by atoms with Gasteiger partial charge in [0, 0.05) is 36.3 Å². The zero-order chi connectivity index (χ0) is 20.1. The fourth-order valence-corrected chi connectivity index (χ4v) is 4.25. The normalized spacial score (nSPS) is 23.4. The Labute approximate surface area is 165 Å². The summed E-state index contributed by atoms with van der Waals surface area (Å²) in [6, 6.07) is 8.09. The molecule has 1 aliphatic heterocycles. The standard InChI is InChI=1S/C21H30N4O3/c22-20(23)15-5-7-18(8-6-15)25-11-9-17(10-12-25)24-13-19(26)14-1-3-16(4-2-14)21(27)28/h5-8,14,16-17,24H,1-4,9-13H2,(H3,22,23)(H,27,28). The summed E-state index contributed by atoms with van der Waals surface area (Å²) in [5.74, 6) is -0.679. The summed E-state index contributed by atoms with van der Waals surface area (Å²) in [6.07, 6.45) is 4.60. The van der Waals surface area contributed by atoms with Gasteiger partial charge in [0.1, 0.15) is 11.6 Å². The van der Waals surface area contributed by atoms with Crippen molar-refractivity contribution in [3.63, 3.8) is 0 Å². The van der Waals surface area contributed by atoms with Gasteiger partial charge in [0.15, 0.2) is 0 Å². The Bertz CT molecular complexity index is 703. The SMILES string of the molecule is N=C(N)c1ccc(N2CCC(NCC(=O)C3CCC(C(=O)O)CC3)CC2)cc1. The van der Waals surface area contributed by atoms with Crippen LogP contribution in [-0.2, 0) is 9.59 Å². The van der Waals surface area contributed by atoms with Gasteiger partial charge in [-0.25, -0.2) is 0 Å². The Kier molecular flexibility index (Phi) is 6.67. The first kappa shape index (κ1) is 20.3.